The van der Waals surface area contributed by atoms with E-state index < -0.39 is 21.7 Å². The predicted octanol–water partition coefficient (Wildman–Crippen LogP) is 3.46. The molecule has 0 aliphatic rings. The van der Waals surface area contributed by atoms with Gasteiger partial charge in [0.1, 0.15) is 11.6 Å². The van der Waals surface area contributed by atoms with Crippen LogP contribution in [0.15, 0.2) is 70.2 Å². The summed E-state index contributed by atoms with van der Waals surface area (Å²) < 4.78 is 46.2. The van der Waals surface area contributed by atoms with Crippen LogP contribution in [0.25, 0.3) is 0 Å². The molecule has 2 aromatic carbocycles. The molecule has 0 bridgehead atoms. The SMILES string of the molecule is Cc1ccc(NC(=O)c2cccc(S(=O)(=O)NCc3ccco3)c2)c(F)c1. The highest BCUT2D eigenvalue weighted by Crippen LogP contribution is 2.18. The fourth-order valence-electron chi connectivity index (χ4n) is 2.38. The van der Waals surface area contributed by atoms with Crippen LogP contribution < -0.4 is 10.0 Å². The van der Waals surface area contributed by atoms with Crippen molar-refractivity contribution in [1.82, 2.24) is 4.72 Å². The Balaban J connectivity index is 1.76. The quantitative estimate of drug-likeness (QED) is 0.677. The van der Waals surface area contributed by atoms with E-state index in [-0.39, 0.29) is 22.7 Å². The Hall–Kier alpha value is -2.97. The van der Waals surface area contributed by atoms with Crippen LogP contribution in [0.3, 0.4) is 0 Å². The largest absolute Gasteiger partial charge is 0.468 e. The number of hydrogen-bond acceptors (Lipinski definition) is 4. The first-order valence-corrected chi connectivity index (χ1v) is 9.53. The second-order valence-electron chi connectivity index (χ2n) is 5.87. The zero-order valence-electron chi connectivity index (χ0n) is 14.4. The Kier molecular flexibility index (Phi) is 5.38. The van der Waals surface area contributed by atoms with Gasteiger partial charge in [-0.2, -0.15) is 0 Å². The molecule has 27 heavy (non-hydrogen) atoms. The minimum absolute atomic E-state index is 0.0136. The normalized spacial score (nSPS) is 11.3. The number of benzene rings is 2. The first kappa shape index (κ1) is 18.8. The Morgan fingerprint density at radius 1 is 1.11 bits per heavy atom. The third-order valence-electron chi connectivity index (χ3n) is 3.80. The van der Waals surface area contributed by atoms with E-state index in [1.165, 1.54) is 42.7 Å². The van der Waals surface area contributed by atoms with E-state index in [2.05, 4.69) is 10.0 Å². The zero-order chi connectivity index (χ0) is 19.4. The van der Waals surface area contributed by atoms with Gasteiger partial charge in [-0.05, 0) is 55.0 Å². The van der Waals surface area contributed by atoms with Gasteiger partial charge in [0.25, 0.3) is 5.91 Å². The second kappa shape index (κ2) is 7.73. The van der Waals surface area contributed by atoms with E-state index in [1.807, 2.05) is 0 Å². The summed E-state index contributed by atoms with van der Waals surface area (Å²) in [4.78, 5) is 12.3. The molecule has 0 aliphatic heterocycles. The average Bonchev–Trinajstić information content (AvgIpc) is 3.16. The minimum atomic E-state index is -3.84. The number of anilines is 1. The Bertz CT molecular complexity index is 1060. The van der Waals surface area contributed by atoms with Gasteiger partial charge in [-0.25, -0.2) is 17.5 Å². The molecule has 0 saturated heterocycles. The summed E-state index contributed by atoms with van der Waals surface area (Å²) in [6.07, 6.45) is 1.44. The number of rotatable bonds is 6. The number of aryl methyl sites for hydroxylation is 1. The monoisotopic (exact) mass is 388 g/mol. The van der Waals surface area contributed by atoms with E-state index in [0.717, 1.165) is 5.56 Å². The molecule has 8 heteroatoms. The second-order valence-corrected chi connectivity index (χ2v) is 7.64. The smallest absolute Gasteiger partial charge is 0.255 e. The lowest BCUT2D eigenvalue weighted by Gasteiger charge is -2.09. The highest BCUT2D eigenvalue weighted by molar-refractivity contribution is 7.89. The maximum atomic E-state index is 13.9. The molecule has 0 saturated carbocycles. The van der Waals surface area contributed by atoms with E-state index >= 15 is 0 Å². The van der Waals surface area contributed by atoms with Crippen molar-refractivity contribution in [2.24, 2.45) is 0 Å². The van der Waals surface area contributed by atoms with Gasteiger partial charge in [-0.3, -0.25) is 4.79 Å². The van der Waals surface area contributed by atoms with Gasteiger partial charge in [0.05, 0.1) is 23.4 Å². The van der Waals surface area contributed by atoms with Gasteiger partial charge in [0.2, 0.25) is 10.0 Å². The van der Waals surface area contributed by atoms with E-state index in [9.17, 15) is 17.6 Å². The number of sulfonamides is 1. The molecule has 0 spiro atoms. The number of amides is 1. The summed E-state index contributed by atoms with van der Waals surface area (Å²) >= 11 is 0. The van der Waals surface area contributed by atoms with Crippen molar-refractivity contribution in [2.45, 2.75) is 18.4 Å². The van der Waals surface area contributed by atoms with Crippen LogP contribution in [0.1, 0.15) is 21.7 Å². The van der Waals surface area contributed by atoms with Gasteiger partial charge >= 0.3 is 0 Å². The Labute approximate surface area is 156 Å². The number of furan rings is 1. The number of halogens is 1. The molecule has 3 rings (SSSR count). The van der Waals surface area contributed by atoms with Crippen molar-refractivity contribution in [3.05, 3.63) is 83.6 Å². The summed E-state index contributed by atoms with van der Waals surface area (Å²) in [5.74, 6) is -0.713. The third kappa shape index (κ3) is 4.60. The molecular weight excluding hydrogens is 371 g/mol. The fraction of sp³-hybridized carbons (Fsp3) is 0.105. The molecule has 0 fully saturated rings. The maximum Gasteiger partial charge on any atom is 0.255 e. The predicted molar refractivity (Wildman–Crippen MR) is 98.3 cm³/mol. The summed E-state index contributed by atoms with van der Waals surface area (Å²) in [6.45, 7) is 1.72. The molecule has 6 nitrogen and oxygen atoms in total. The van der Waals surface area contributed by atoms with Gasteiger partial charge in [-0.1, -0.05) is 12.1 Å². The molecule has 0 unspecified atom stereocenters. The van der Waals surface area contributed by atoms with E-state index in [1.54, 1.807) is 25.1 Å². The molecule has 0 atom stereocenters. The van der Waals surface area contributed by atoms with Crippen LogP contribution >= 0.6 is 0 Å². The summed E-state index contributed by atoms with van der Waals surface area (Å²) in [5, 5.41) is 2.44. The standard InChI is InChI=1S/C19H17FN2O4S/c1-13-7-8-18(17(20)10-13)22-19(23)14-4-2-6-16(11-14)27(24,25)21-12-15-5-3-9-26-15/h2-11,21H,12H2,1H3,(H,22,23). The van der Waals surface area contributed by atoms with Crippen LogP contribution in [-0.2, 0) is 16.6 Å². The van der Waals surface area contributed by atoms with Crippen molar-refractivity contribution in [3.63, 3.8) is 0 Å². The van der Waals surface area contributed by atoms with E-state index in [0.29, 0.717) is 5.76 Å². The number of hydrogen-bond donors (Lipinski definition) is 2. The fourth-order valence-corrected chi connectivity index (χ4v) is 3.42. The first-order chi connectivity index (χ1) is 12.8. The van der Waals surface area contributed by atoms with Gasteiger partial charge in [0, 0.05) is 5.56 Å². The first-order valence-electron chi connectivity index (χ1n) is 8.05. The van der Waals surface area contributed by atoms with Crippen molar-refractivity contribution in [1.29, 1.82) is 0 Å². The van der Waals surface area contributed by atoms with Crippen LogP contribution in [0.2, 0.25) is 0 Å². The minimum Gasteiger partial charge on any atom is -0.468 e. The topological polar surface area (TPSA) is 88.4 Å². The zero-order valence-corrected chi connectivity index (χ0v) is 15.2. The molecule has 3 aromatic rings. The van der Waals surface area contributed by atoms with Gasteiger partial charge in [-0.15, -0.1) is 0 Å². The van der Waals surface area contributed by atoms with Gasteiger partial charge < -0.3 is 9.73 Å². The molecule has 1 heterocycles. The number of nitrogens with one attached hydrogen (secondary N) is 2. The number of carbonyl (C=O) groups is 1. The lowest BCUT2D eigenvalue weighted by atomic mass is 10.2. The lowest BCUT2D eigenvalue weighted by Crippen LogP contribution is -2.23. The average molecular weight is 388 g/mol. The van der Waals surface area contributed by atoms with Crippen LogP contribution in [0, 0.1) is 12.7 Å². The van der Waals surface area contributed by atoms with Gasteiger partial charge in [0.15, 0.2) is 0 Å². The Morgan fingerprint density at radius 2 is 1.93 bits per heavy atom. The third-order valence-corrected chi connectivity index (χ3v) is 5.19. The molecular formula is C19H17FN2O4S. The van der Waals surface area contributed by atoms with Crippen molar-refractivity contribution < 1.29 is 22.0 Å². The van der Waals surface area contributed by atoms with E-state index in [4.69, 9.17) is 4.42 Å². The maximum absolute atomic E-state index is 13.9. The lowest BCUT2D eigenvalue weighted by molar-refractivity contribution is 0.102. The number of carbonyl (C=O) groups excluding carboxylic acids is 1. The van der Waals surface area contributed by atoms with Crippen LogP contribution in [0.4, 0.5) is 10.1 Å². The Morgan fingerprint density at radius 3 is 2.63 bits per heavy atom. The molecule has 1 aromatic heterocycles. The molecule has 0 aliphatic carbocycles. The van der Waals surface area contributed by atoms with Crippen molar-refractivity contribution in [2.75, 3.05) is 5.32 Å². The molecule has 0 radical (unpaired) electrons. The highest BCUT2D eigenvalue weighted by Gasteiger charge is 2.17. The highest BCUT2D eigenvalue weighted by atomic mass is 32.2. The molecule has 140 valence electrons. The summed E-state index contributed by atoms with van der Waals surface area (Å²) in [7, 11) is -3.84. The van der Waals surface area contributed by atoms with Crippen molar-refractivity contribution in [3.8, 4) is 0 Å². The van der Waals surface area contributed by atoms with Crippen molar-refractivity contribution >= 4 is 21.6 Å². The van der Waals surface area contributed by atoms with Crippen LogP contribution in [0.5, 0.6) is 0 Å². The molecule has 2 N–H and O–H groups in total. The summed E-state index contributed by atoms with van der Waals surface area (Å²) in [6, 6.07) is 13.2. The molecule has 1 amide bonds. The summed E-state index contributed by atoms with van der Waals surface area (Å²) in [5.41, 5.74) is 0.840. The van der Waals surface area contributed by atoms with Crippen LogP contribution in [-0.4, -0.2) is 14.3 Å².